The molecule has 1 atom stereocenters. The van der Waals surface area contributed by atoms with Gasteiger partial charge in [-0.1, -0.05) is 0 Å². The van der Waals surface area contributed by atoms with Crippen molar-refractivity contribution < 1.29 is 18.0 Å². The van der Waals surface area contributed by atoms with Crippen molar-refractivity contribution in [1.82, 2.24) is 14.8 Å². The largest absolute Gasteiger partial charge is 0.401 e. The molecule has 1 aliphatic heterocycles. The number of piperidine rings is 1. The van der Waals surface area contributed by atoms with E-state index in [9.17, 15) is 18.0 Å². The third-order valence-electron chi connectivity index (χ3n) is 3.78. The van der Waals surface area contributed by atoms with Gasteiger partial charge in [0.1, 0.15) is 0 Å². The monoisotopic (exact) mass is 335 g/mol. The van der Waals surface area contributed by atoms with E-state index in [2.05, 4.69) is 4.98 Å². The molecule has 0 saturated carbocycles. The van der Waals surface area contributed by atoms with Gasteiger partial charge >= 0.3 is 6.18 Å². The van der Waals surface area contributed by atoms with Gasteiger partial charge in [-0.2, -0.15) is 13.2 Å². The summed E-state index contributed by atoms with van der Waals surface area (Å²) < 4.78 is 37.4. The van der Waals surface area contributed by atoms with Crippen LogP contribution in [-0.4, -0.2) is 60.1 Å². The van der Waals surface area contributed by atoms with Crippen molar-refractivity contribution in [3.63, 3.8) is 0 Å². The summed E-state index contributed by atoms with van der Waals surface area (Å²) in [6.45, 7) is 0.216. The van der Waals surface area contributed by atoms with Gasteiger partial charge in [-0.15, -0.1) is 11.3 Å². The maximum absolute atomic E-state index is 12.5. The molecule has 124 valence electrons. The molecule has 22 heavy (non-hydrogen) atoms. The molecule has 4 nitrogen and oxygen atoms in total. The third-order valence-corrected chi connectivity index (χ3v) is 4.62. The summed E-state index contributed by atoms with van der Waals surface area (Å²) in [6, 6.07) is 0. The Kier molecular flexibility index (Phi) is 5.80. The summed E-state index contributed by atoms with van der Waals surface area (Å²) >= 11 is 1.54. The van der Waals surface area contributed by atoms with Gasteiger partial charge in [0.15, 0.2) is 0 Å². The highest BCUT2D eigenvalue weighted by Crippen LogP contribution is 2.23. The van der Waals surface area contributed by atoms with E-state index in [1.165, 1.54) is 16.2 Å². The molecule has 2 rings (SSSR count). The van der Waals surface area contributed by atoms with Crippen LogP contribution in [0.1, 0.15) is 17.8 Å². The lowest BCUT2D eigenvalue weighted by Gasteiger charge is -2.34. The number of carbonyl (C=O) groups is 1. The second kappa shape index (κ2) is 7.41. The summed E-state index contributed by atoms with van der Waals surface area (Å²) in [5, 5.41) is 2.84. The molecule has 0 N–H and O–H groups in total. The maximum atomic E-state index is 12.5. The first-order valence-electron chi connectivity index (χ1n) is 7.27. The number of thiazole rings is 1. The summed E-state index contributed by atoms with van der Waals surface area (Å²) in [4.78, 5) is 19.5. The van der Waals surface area contributed by atoms with Gasteiger partial charge in [-0.05, 0) is 19.4 Å². The average Bonchev–Trinajstić information content (AvgIpc) is 2.95. The lowest BCUT2D eigenvalue weighted by atomic mass is 9.96. The van der Waals surface area contributed by atoms with Gasteiger partial charge in [0.05, 0.1) is 17.5 Å². The highest BCUT2D eigenvalue weighted by Gasteiger charge is 2.35. The zero-order valence-electron chi connectivity index (χ0n) is 12.5. The summed E-state index contributed by atoms with van der Waals surface area (Å²) in [5.41, 5.74) is 0. The van der Waals surface area contributed by atoms with Crippen LogP contribution in [0.25, 0.3) is 0 Å². The predicted octanol–water partition coefficient (Wildman–Crippen LogP) is 2.42. The van der Waals surface area contributed by atoms with Crippen LogP contribution in [0.15, 0.2) is 11.6 Å². The van der Waals surface area contributed by atoms with Crippen molar-refractivity contribution >= 4 is 17.2 Å². The van der Waals surface area contributed by atoms with Gasteiger partial charge in [0.2, 0.25) is 5.91 Å². The minimum absolute atomic E-state index is 0.0663. The van der Waals surface area contributed by atoms with E-state index in [0.29, 0.717) is 32.4 Å². The van der Waals surface area contributed by atoms with E-state index in [4.69, 9.17) is 0 Å². The molecular formula is C14H20F3N3OS. The highest BCUT2D eigenvalue weighted by atomic mass is 32.1. The molecule has 0 aromatic carbocycles. The average molecular weight is 335 g/mol. The topological polar surface area (TPSA) is 36.4 Å². The van der Waals surface area contributed by atoms with E-state index in [0.717, 1.165) is 5.01 Å². The number of rotatable bonds is 5. The number of alkyl halides is 3. The lowest BCUT2D eigenvalue weighted by molar-refractivity contribution is -0.154. The van der Waals surface area contributed by atoms with Crippen LogP contribution >= 0.6 is 11.3 Å². The van der Waals surface area contributed by atoms with Crippen molar-refractivity contribution in [3.05, 3.63) is 16.6 Å². The molecule has 1 aliphatic rings. The Hall–Kier alpha value is -1.15. The number of aromatic nitrogens is 1. The van der Waals surface area contributed by atoms with Crippen molar-refractivity contribution in [1.29, 1.82) is 0 Å². The number of carbonyl (C=O) groups excluding carboxylic acids is 1. The highest BCUT2D eigenvalue weighted by molar-refractivity contribution is 7.09. The molecule has 1 amide bonds. The van der Waals surface area contributed by atoms with Crippen LogP contribution in [0.3, 0.4) is 0 Å². The SMILES string of the molecule is CN(CCc1nccs1)C(=O)[C@@H]1CCCN(CC(F)(F)F)C1. The Morgan fingerprint density at radius 3 is 2.95 bits per heavy atom. The second-order valence-electron chi connectivity index (χ2n) is 5.63. The van der Waals surface area contributed by atoms with E-state index < -0.39 is 12.7 Å². The molecule has 1 aromatic heterocycles. The fourth-order valence-corrected chi connectivity index (χ4v) is 3.33. The Bertz CT molecular complexity index is 478. The van der Waals surface area contributed by atoms with E-state index in [-0.39, 0.29) is 18.4 Å². The molecule has 1 fully saturated rings. The third kappa shape index (κ3) is 5.24. The van der Waals surface area contributed by atoms with Crippen molar-refractivity contribution in [3.8, 4) is 0 Å². The van der Waals surface area contributed by atoms with Crippen LogP contribution < -0.4 is 0 Å². The Labute approximate surface area is 131 Å². The number of likely N-dealkylation sites (N-methyl/N-ethyl adjacent to an activating group) is 1. The van der Waals surface area contributed by atoms with Crippen LogP contribution in [0, 0.1) is 5.92 Å². The van der Waals surface area contributed by atoms with E-state index in [1.54, 1.807) is 18.1 Å². The van der Waals surface area contributed by atoms with E-state index in [1.807, 2.05) is 5.38 Å². The molecule has 0 bridgehead atoms. The summed E-state index contributed by atoms with van der Waals surface area (Å²) in [6.07, 6.45) is -0.514. The summed E-state index contributed by atoms with van der Waals surface area (Å²) in [7, 11) is 1.71. The molecule has 8 heteroatoms. The van der Waals surface area contributed by atoms with Gasteiger partial charge in [-0.3, -0.25) is 9.69 Å². The van der Waals surface area contributed by atoms with Crippen LogP contribution in [0.2, 0.25) is 0 Å². The van der Waals surface area contributed by atoms with Crippen LogP contribution in [0.5, 0.6) is 0 Å². The quantitative estimate of drug-likeness (QED) is 0.829. The second-order valence-corrected chi connectivity index (χ2v) is 6.60. The maximum Gasteiger partial charge on any atom is 0.401 e. The molecule has 1 saturated heterocycles. The van der Waals surface area contributed by atoms with Gasteiger partial charge in [-0.25, -0.2) is 4.98 Å². The van der Waals surface area contributed by atoms with Gasteiger partial charge in [0.25, 0.3) is 0 Å². The predicted molar refractivity (Wildman–Crippen MR) is 78.7 cm³/mol. The van der Waals surface area contributed by atoms with E-state index >= 15 is 0 Å². The lowest BCUT2D eigenvalue weighted by Crippen LogP contribution is -2.46. The first kappa shape index (κ1) is 17.2. The standard InChI is InChI=1S/C14H20F3N3OS/c1-19(7-4-12-18-5-8-22-12)13(21)11-3-2-6-20(9-11)10-14(15,16)17/h5,8,11H,2-4,6-7,9-10H2,1H3/t11-/m1/s1. The van der Waals surface area contributed by atoms with Crippen molar-refractivity contribution in [2.45, 2.75) is 25.4 Å². The molecular weight excluding hydrogens is 315 g/mol. The van der Waals surface area contributed by atoms with Crippen molar-refractivity contribution in [2.75, 3.05) is 33.2 Å². The fraction of sp³-hybridized carbons (Fsp3) is 0.714. The molecule has 2 heterocycles. The first-order chi connectivity index (χ1) is 10.3. The Morgan fingerprint density at radius 2 is 2.32 bits per heavy atom. The van der Waals surface area contributed by atoms with Crippen LogP contribution in [-0.2, 0) is 11.2 Å². The fourth-order valence-electron chi connectivity index (χ4n) is 2.72. The first-order valence-corrected chi connectivity index (χ1v) is 8.15. The van der Waals surface area contributed by atoms with Crippen LogP contribution in [0.4, 0.5) is 13.2 Å². The zero-order chi connectivity index (χ0) is 16.2. The minimum atomic E-state index is -4.21. The van der Waals surface area contributed by atoms with Gasteiger partial charge < -0.3 is 4.90 Å². The normalized spacial score (nSPS) is 20.1. The number of hydrogen-bond donors (Lipinski definition) is 0. The number of nitrogens with zero attached hydrogens (tertiary/aromatic N) is 3. The molecule has 1 aromatic rings. The van der Waals surface area contributed by atoms with Gasteiger partial charge in [0, 0.05) is 38.1 Å². The Balaban J connectivity index is 1.82. The number of halogens is 3. The zero-order valence-corrected chi connectivity index (χ0v) is 13.3. The smallest absolute Gasteiger partial charge is 0.345 e. The number of hydrogen-bond acceptors (Lipinski definition) is 4. The molecule has 0 radical (unpaired) electrons. The molecule has 0 unspecified atom stereocenters. The number of likely N-dealkylation sites (tertiary alicyclic amines) is 1. The minimum Gasteiger partial charge on any atom is -0.345 e. The molecule has 0 spiro atoms. The van der Waals surface area contributed by atoms with Crippen molar-refractivity contribution in [2.24, 2.45) is 5.92 Å². The summed E-state index contributed by atoms with van der Waals surface area (Å²) in [5.74, 6) is -0.402. The Morgan fingerprint density at radius 1 is 1.55 bits per heavy atom. The number of amides is 1. The molecule has 0 aliphatic carbocycles.